The summed E-state index contributed by atoms with van der Waals surface area (Å²) in [6.45, 7) is 0.703. The first-order chi connectivity index (χ1) is 9.34. The molecule has 0 spiro atoms. The number of rotatable bonds is 4. The van der Waals surface area contributed by atoms with Crippen molar-refractivity contribution in [1.82, 2.24) is 15.5 Å². The Bertz CT molecular complexity index is 556. The molecule has 2 atom stereocenters. The molecule has 0 radical (unpaired) electrons. The highest BCUT2D eigenvalue weighted by Crippen LogP contribution is 2.46. The Hall–Kier alpha value is -2.23. The van der Waals surface area contributed by atoms with Crippen LogP contribution in [-0.2, 0) is 0 Å². The molecule has 1 aliphatic rings. The van der Waals surface area contributed by atoms with E-state index >= 15 is 0 Å². The molecule has 1 aromatic heterocycles. The first-order valence-electron chi connectivity index (χ1n) is 6.45. The van der Waals surface area contributed by atoms with Crippen molar-refractivity contribution < 1.29 is 4.79 Å². The van der Waals surface area contributed by atoms with Crippen LogP contribution in [0.3, 0.4) is 0 Å². The quantitative estimate of drug-likeness (QED) is 0.906. The molecule has 0 bridgehead atoms. The SMILES string of the molecule is O=C(NCC1CC1c1ccccc1)c1cccnn1. The van der Waals surface area contributed by atoms with Crippen LogP contribution in [0.15, 0.2) is 48.7 Å². The third-order valence-corrected chi connectivity index (χ3v) is 3.48. The van der Waals surface area contributed by atoms with Gasteiger partial charge in [-0.2, -0.15) is 5.10 Å². The van der Waals surface area contributed by atoms with Gasteiger partial charge in [0.05, 0.1) is 0 Å². The summed E-state index contributed by atoms with van der Waals surface area (Å²) in [4.78, 5) is 11.8. The van der Waals surface area contributed by atoms with Crippen molar-refractivity contribution in [2.45, 2.75) is 12.3 Å². The second-order valence-electron chi connectivity index (χ2n) is 4.83. The van der Waals surface area contributed by atoms with Gasteiger partial charge < -0.3 is 5.32 Å². The van der Waals surface area contributed by atoms with Gasteiger partial charge in [-0.3, -0.25) is 4.79 Å². The summed E-state index contributed by atoms with van der Waals surface area (Å²) in [5, 5.41) is 10.4. The summed E-state index contributed by atoms with van der Waals surface area (Å²) >= 11 is 0. The second kappa shape index (κ2) is 5.18. The van der Waals surface area contributed by atoms with E-state index in [1.54, 1.807) is 18.3 Å². The van der Waals surface area contributed by atoms with E-state index in [0.29, 0.717) is 24.1 Å². The zero-order valence-electron chi connectivity index (χ0n) is 10.5. The molecule has 4 nitrogen and oxygen atoms in total. The lowest BCUT2D eigenvalue weighted by atomic mass is 10.1. The van der Waals surface area contributed by atoms with Gasteiger partial charge in [-0.25, -0.2) is 0 Å². The molecule has 1 saturated carbocycles. The van der Waals surface area contributed by atoms with Crippen LogP contribution in [0.5, 0.6) is 0 Å². The van der Waals surface area contributed by atoms with Gasteiger partial charge in [-0.15, -0.1) is 5.10 Å². The fraction of sp³-hybridized carbons (Fsp3) is 0.267. The summed E-state index contributed by atoms with van der Waals surface area (Å²) in [7, 11) is 0. The van der Waals surface area contributed by atoms with Crippen molar-refractivity contribution in [2.24, 2.45) is 5.92 Å². The van der Waals surface area contributed by atoms with E-state index in [4.69, 9.17) is 0 Å². The van der Waals surface area contributed by atoms with Gasteiger partial charge in [0.25, 0.3) is 5.91 Å². The van der Waals surface area contributed by atoms with Crippen LogP contribution in [0, 0.1) is 5.92 Å². The Morgan fingerprint density at radius 1 is 1.21 bits per heavy atom. The van der Waals surface area contributed by atoms with E-state index in [1.807, 2.05) is 6.07 Å². The Kier molecular flexibility index (Phi) is 3.23. The highest BCUT2D eigenvalue weighted by Gasteiger charge is 2.38. The van der Waals surface area contributed by atoms with E-state index in [1.165, 1.54) is 5.56 Å². The third-order valence-electron chi connectivity index (χ3n) is 3.48. The third kappa shape index (κ3) is 2.78. The molecule has 1 fully saturated rings. The van der Waals surface area contributed by atoms with Gasteiger partial charge in [0.2, 0.25) is 0 Å². The van der Waals surface area contributed by atoms with Crippen LogP contribution in [0.2, 0.25) is 0 Å². The average Bonchev–Trinajstić information content (AvgIpc) is 3.26. The van der Waals surface area contributed by atoms with Crippen molar-refractivity contribution in [3.05, 3.63) is 59.9 Å². The summed E-state index contributed by atoms with van der Waals surface area (Å²) in [5.74, 6) is 0.984. The normalized spacial score (nSPS) is 20.8. The number of hydrogen-bond acceptors (Lipinski definition) is 3. The molecule has 1 N–H and O–H groups in total. The number of hydrogen-bond donors (Lipinski definition) is 1. The molecule has 0 aliphatic heterocycles. The number of aromatic nitrogens is 2. The van der Waals surface area contributed by atoms with E-state index in [2.05, 4.69) is 39.8 Å². The van der Waals surface area contributed by atoms with Crippen molar-refractivity contribution in [2.75, 3.05) is 6.54 Å². The number of carbonyl (C=O) groups is 1. The van der Waals surface area contributed by atoms with Gasteiger partial charge in [0.15, 0.2) is 5.69 Å². The van der Waals surface area contributed by atoms with E-state index in [0.717, 1.165) is 6.42 Å². The van der Waals surface area contributed by atoms with Gasteiger partial charge in [0, 0.05) is 12.7 Å². The van der Waals surface area contributed by atoms with Crippen LogP contribution < -0.4 is 5.32 Å². The Labute approximate surface area is 111 Å². The smallest absolute Gasteiger partial charge is 0.271 e. The molecule has 2 aromatic rings. The Balaban J connectivity index is 1.51. The van der Waals surface area contributed by atoms with E-state index in [9.17, 15) is 4.79 Å². The maximum Gasteiger partial charge on any atom is 0.271 e. The number of nitrogens with one attached hydrogen (secondary N) is 1. The maximum absolute atomic E-state index is 11.8. The zero-order chi connectivity index (χ0) is 13.1. The molecular formula is C15H15N3O. The molecule has 1 heterocycles. The van der Waals surface area contributed by atoms with Gasteiger partial charge in [-0.1, -0.05) is 30.3 Å². The van der Waals surface area contributed by atoms with Crippen LogP contribution in [0.4, 0.5) is 0 Å². The molecule has 1 amide bonds. The number of amides is 1. The predicted molar refractivity (Wildman–Crippen MR) is 71.7 cm³/mol. The molecule has 1 aromatic carbocycles. The predicted octanol–water partition coefficient (Wildman–Crippen LogP) is 2.01. The molecule has 3 rings (SSSR count). The van der Waals surface area contributed by atoms with Gasteiger partial charge in [-0.05, 0) is 36.0 Å². The van der Waals surface area contributed by atoms with Crippen molar-refractivity contribution >= 4 is 5.91 Å². The monoisotopic (exact) mass is 253 g/mol. The number of nitrogens with zero attached hydrogens (tertiary/aromatic N) is 2. The Morgan fingerprint density at radius 2 is 2.05 bits per heavy atom. The lowest BCUT2D eigenvalue weighted by molar-refractivity contribution is 0.0945. The standard InChI is InChI=1S/C15H15N3O/c19-15(14-7-4-8-17-18-14)16-10-12-9-13(12)11-5-2-1-3-6-11/h1-8,12-13H,9-10H2,(H,16,19). The first kappa shape index (κ1) is 11.8. The van der Waals surface area contributed by atoms with Gasteiger partial charge in [0.1, 0.15) is 0 Å². The van der Waals surface area contributed by atoms with Crippen LogP contribution in [-0.4, -0.2) is 22.6 Å². The van der Waals surface area contributed by atoms with Crippen molar-refractivity contribution in [3.8, 4) is 0 Å². The second-order valence-corrected chi connectivity index (χ2v) is 4.83. The minimum absolute atomic E-state index is 0.146. The summed E-state index contributed by atoms with van der Waals surface area (Å²) in [5.41, 5.74) is 1.74. The number of benzene rings is 1. The zero-order valence-corrected chi connectivity index (χ0v) is 10.5. The fourth-order valence-corrected chi connectivity index (χ4v) is 2.32. The summed E-state index contributed by atoms with van der Waals surface area (Å²) in [6.07, 6.45) is 2.70. The van der Waals surface area contributed by atoms with E-state index < -0.39 is 0 Å². The molecule has 19 heavy (non-hydrogen) atoms. The molecule has 0 saturated heterocycles. The minimum Gasteiger partial charge on any atom is -0.350 e. The highest BCUT2D eigenvalue weighted by molar-refractivity contribution is 5.91. The average molecular weight is 253 g/mol. The molecule has 1 aliphatic carbocycles. The largest absolute Gasteiger partial charge is 0.350 e. The number of carbonyl (C=O) groups excluding carboxylic acids is 1. The maximum atomic E-state index is 11.8. The first-order valence-corrected chi connectivity index (χ1v) is 6.45. The lowest BCUT2D eigenvalue weighted by Gasteiger charge is -2.03. The fourth-order valence-electron chi connectivity index (χ4n) is 2.32. The molecule has 96 valence electrons. The van der Waals surface area contributed by atoms with Crippen molar-refractivity contribution in [3.63, 3.8) is 0 Å². The molecular weight excluding hydrogens is 238 g/mol. The van der Waals surface area contributed by atoms with E-state index in [-0.39, 0.29) is 5.91 Å². The topological polar surface area (TPSA) is 54.9 Å². The Morgan fingerprint density at radius 3 is 2.79 bits per heavy atom. The van der Waals surface area contributed by atoms with Crippen LogP contribution in [0.1, 0.15) is 28.4 Å². The lowest BCUT2D eigenvalue weighted by Crippen LogP contribution is -2.26. The molecule has 2 unspecified atom stereocenters. The summed E-state index contributed by atoms with van der Waals surface area (Å²) in [6, 6.07) is 13.8. The van der Waals surface area contributed by atoms with Crippen molar-refractivity contribution in [1.29, 1.82) is 0 Å². The van der Waals surface area contributed by atoms with Crippen LogP contribution >= 0.6 is 0 Å². The highest BCUT2D eigenvalue weighted by atomic mass is 16.1. The molecule has 4 heteroatoms. The van der Waals surface area contributed by atoms with Gasteiger partial charge >= 0.3 is 0 Å². The summed E-state index contributed by atoms with van der Waals surface area (Å²) < 4.78 is 0. The minimum atomic E-state index is -0.146. The van der Waals surface area contributed by atoms with Crippen LogP contribution in [0.25, 0.3) is 0 Å².